The third kappa shape index (κ3) is 4.71. The number of para-hydroxylation sites is 2. The van der Waals surface area contributed by atoms with Gasteiger partial charge in [0.1, 0.15) is 11.4 Å². The highest BCUT2D eigenvalue weighted by molar-refractivity contribution is 6.09. The molecule has 1 fully saturated rings. The van der Waals surface area contributed by atoms with Crippen molar-refractivity contribution >= 4 is 29.2 Å². The summed E-state index contributed by atoms with van der Waals surface area (Å²) >= 11 is 0. The molecule has 198 valence electrons. The Morgan fingerprint density at radius 1 is 0.974 bits per heavy atom. The number of halogens is 2. The van der Waals surface area contributed by atoms with E-state index in [1.54, 1.807) is 42.2 Å². The molecule has 0 spiro atoms. The maximum absolute atomic E-state index is 13.8. The maximum Gasteiger partial charge on any atom is 0.387 e. The van der Waals surface area contributed by atoms with Gasteiger partial charge in [0, 0.05) is 36.4 Å². The van der Waals surface area contributed by atoms with Gasteiger partial charge >= 0.3 is 12.6 Å². The second-order valence-electron chi connectivity index (χ2n) is 8.88. The molecule has 2 aliphatic rings. The predicted molar refractivity (Wildman–Crippen MR) is 134 cm³/mol. The van der Waals surface area contributed by atoms with E-state index in [1.165, 1.54) is 27.8 Å². The Morgan fingerprint density at radius 3 is 2.37 bits per heavy atom. The molecular formula is C27H26F2N4O5. The van der Waals surface area contributed by atoms with Gasteiger partial charge in [0.05, 0.1) is 6.61 Å². The number of anilines is 2. The molecule has 0 unspecified atom stereocenters. The van der Waals surface area contributed by atoms with E-state index >= 15 is 0 Å². The van der Waals surface area contributed by atoms with Crippen molar-refractivity contribution in [2.75, 3.05) is 29.5 Å². The number of esters is 1. The van der Waals surface area contributed by atoms with Crippen LogP contribution in [0.2, 0.25) is 0 Å². The van der Waals surface area contributed by atoms with E-state index in [2.05, 4.69) is 9.84 Å². The molecule has 9 nitrogen and oxygen atoms in total. The Bertz CT molecular complexity index is 1370. The van der Waals surface area contributed by atoms with Crippen LogP contribution in [0.25, 0.3) is 5.69 Å². The SMILES string of the molecule is CCOC(=O)c1nn(-c2ccccc2OC(F)F)c2c1CCN(c1ccc(N3CCCCC3=O)cc1)C2=O. The molecule has 3 heterocycles. The summed E-state index contributed by atoms with van der Waals surface area (Å²) in [6.07, 6.45) is 2.62. The number of carbonyl (C=O) groups excluding carboxylic acids is 3. The Hall–Kier alpha value is -4.28. The molecule has 0 N–H and O–H groups in total. The zero-order valence-electron chi connectivity index (χ0n) is 20.7. The minimum Gasteiger partial charge on any atom is -0.461 e. The summed E-state index contributed by atoms with van der Waals surface area (Å²) in [6.45, 7) is -0.413. The van der Waals surface area contributed by atoms with Crippen LogP contribution >= 0.6 is 0 Å². The zero-order valence-corrected chi connectivity index (χ0v) is 20.7. The molecule has 1 aromatic heterocycles. The number of benzene rings is 2. The van der Waals surface area contributed by atoms with Crippen LogP contribution in [0.5, 0.6) is 5.75 Å². The van der Waals surface area contributed by atoms with Crippen LogP contribution in [0.15, 0.2) is 48.5 Å². The van der Waals surface area contributed by atoms with Gasteiger partial charge in [-0.2, -0.15) is 13.9 Å². The van der Waals surface area contributed by atoms with Crippen molar-refractivity contribution in [3.63, 3.8) is 0 Å². The first kappa shape index (κ1) is 25.4. The molecule has 1 saturated heterocycles. The number of rotatable bonds is 7. The van der Waals surface area contributed by atoms with Crippen molar-refractivity contribution in [3.8, 4) is 11.4 Å². The lowest BCUT2D eigenvalue weighted by atomic mass is 10.0. The van der Waals surface area contributed by atoms with Crippen molar-refractivity contribution in [1.29, 1.82) is 0 Å². The minimum absolute atomic E-state index is 0.0411. The topological polar surface area (TPSA) is 94.0 Å². The van der Waals surface area contributed by atoms with Gasteiger partial charge in [-0.05, 0) is 62.6 Å². The first-order valence-corrected chi connectivity index (χ1v) is 12.4. The average Bonchev–Trinajstić information content (AvgIpc) is 3.30. The van der Waals surface area contributed by atoms with Gasteiger partial charge in [-0.15, -0.1) is 0 Å². The second-order valence-corrected chi connectivity index (χ2v) is 8.88. The van der Waals surface area contributed by atoms with E-state index in [4.69, 9.17) is 4.74 Å². The second kappa shape index (κ2) is 10.6. The van der Waals surface area contributed by atoms with Crippen molar-refractivity contribution in [3.05, 3.63) is 65.5 Å². The number of nitrogens with zero attached hydrogens (tertiary/aromatic N) is 4. The fourth-order valence-electron chi connectivity index (χ4n) is 4.86. The van der Waals surface area contributed by atoms with E-state index in [-0.39, 0.29) is 41.9 Å². The molecule has 5 rings (SSSR count). The average molecular weight is 525 g/mol. The van der Waals surface area contributed by atoms with Crippen LogP contribution in [-0.2, 0) is 16.0 Å². The van der Waals surface area contributed by atoms with Crippen molar-refractivity contribution in [1.82, 2.24) is 9.78 Å². The largest absolute Gasteiger partial charge is 0.461 e. The number of aromatic nitrogens is 2. The fraction of sp³-hybridized carbons (Fsp3) is 0.333. The Kier molecular flexibility index (Phi) is 7.08. The summed E-state index contributed by atoms with van der Waals surface area (Å²) in [5, 5.41) is 4.34. The summed E-state index contributed by atoms with van der Waals surface area (Å²) < 4.78 is 37.2. The van der Waals surface area contributed by atoms with Gasteiger partial charge in [-0.1, -0.05) is 12.1 Å². The lowest BCUT2D eigenvalue weighted by Gasteiger charge is -2.30. The highest BCUT2D eigenvalue weighted by Crippen LogP contribution is 2.33. The summed E-state index contributed by atoms with van der Waals surface area (Å²) in [7, 11) is 0. The van der Waals surface area contributed by atoms with Gasteiger partial charge in [-0.25, -0.2) is 9.48 Å². The Balaban J connectivity index is 1.54. The number of fused-ring (bicyclic) bond motifs is 1. The quantitative estimate of drug-likeness (QED) is 0.426. The molecule has 0 saturated carbocycles. The molecule has 0 bridgehead atoms. The van der Waals surface area contributed by atoms with Gasteiger partial charge in [0.15, 0.2) is 11.4 Å². The number of hydrogen-bond acceptors (Lipinski definition) is 6. The molecule has 2 amide bonds. The summed E-state index contributed by atoms with van der Waals surface area (Å²) in [6, 6.07) is 13.1. The van der Waals surface area contributed by atoms with E-state index in [0.29, 0.717) is 30.6 Å². The smallest absolute Gasteiger partial charge is 0.387 e. The number of carbonyl (C=O) groups is 3. The Morgan fingerprint density at radius 2 is 1.68 bits per heavy atom. The van der Waals surface area contributed by atoms with Crippen LogP contribution in [-0.4, -0.2) is 53.9 Å². The van der Waals surface area contributed by atoms with Gasteiger partial charge in [0.25, 0.3) is 5.91 Å². The molecule has 0 radical (unpaired) electrons. The molecule has 2 aromatic carbocycles. The third-order valence-corrected chi connectivity index (χ3v) is 6.59. The van der Waals surface area contributed by atoms with Gasteiger partial charge in [0.2, 0.25) is 5.91 Å². The normalized spacial score (nSPS) is 15.6. The van der Waals surface area contributed by atoms with Crippen LogP contribution in [0.4, 0.5) is 20.2 Å². The summed E-state index contributed by atoms with van der Waals surface area (Å²) in [5.41, 5.74) is 1.86. The van der Waals surface area contributed by atoms with Crippen LogP contribution in [0.3, 0.4) is 0 Å². The number of ether oxygens (including phenoxy) is 2. The van der Waals surface area contributed by atoms with E-state index in [0.717, 1.165) is 18.5 Å². The fourth-order valence-corrected chi connectivity index (χ4v) is 4.86. The molecule has 38 heavy (non-hydrogen) atoms. The maximum atomic E-state index is 13.8. The molecule has 2 aliphatic heterocycles. The van der Waals surface area contributed by atoms with Crippen molar-refractivity contribution in [2.24, 2.45) is 0 Å². The molecule has 0 aliphatic carbocycles. The zero-order chi connectivity index (χ0) is 26.8. The summed E-state index contributed by atoms with van der Waals surface area (Å²) in [5.74, 6) is -1.28. The standard InChI is InChI=1S/C27H26F2N4O5/c1-2-37-26(36)23-19-14-16-32(18-12-10-17(11-13-18)31-15-6-5-9-22(31)34)25(35)24(19)33(30-23)20-7-3-4-8-21(20)38-27(28)29/h3-4,7-8,10-13,27H,2,5-6,9,14-16H2,1H3. The van der Waals surface area contributed by atoms with Gasteiger partial charge in [-0.3, -0.25) is 9.59 Å². The minimum atomic E-state index is -3.09. The summed E-state index contributed by atoms with van der Waals surface area (Å²) in [4.78, 5) is 42.1. The number of amides is 2. The molecule has 0 atom stereocenters. The van der Waals surface area contributed by atoms with E-state index in [9.17, 15) is 23.2 Å². The van der Waals surface area contributed by atoms with E-state index < -0.39 is 18.5 Å². The predicted octanol–water partition coefficient (Wildman–Crippen LogP) is 4.37. The van der Waals surface area contributed by atoms with Crippen LogP contribution in [0.1, 0.15) is 52.7 Å². The lowest BCUT2D eigenvalue weighted by molar-refractivity contribution is -0.119. The number of alkyl halides is 2. The molecule has 3 aromatic rings. The van der Waals surface area contributed by atoms with Crippen molar-refractivity contribution in [2.45, 2.75) is 39.2 Å². The molecular weight excluding hydrogens is 498 g/mol. The first-order chi connectivity index (χ1) is 18.4. The number of hydrogen-bond donors (Lipinski definition) is 0. The Labute approximate surface area is 217 Å². The van der Waals surface area contributed by atoms with Crippen LogP contribution < -0.4 is 14.5 Å². The molecule has 11 heteroatoms. The van der Waals surface area contributed by atoms with Crippen molar-refractivity contribution < 1.29 is 32.6 Å². The highest BCUT2D eigenvalue weighted by Gasteiger charge is 2.36. The first-order valence-electron chi connectivity index (χ1n) is 12.4. The van der Waals surface area contributed by atoms with Crippen LogP contribution in [0, 0.1) is 0 Å². The number of piperidine rings is 1. The third-order valence-electron chi connectivity index (χ3n) is 6.59. The monoisotopic (exact) mass is 524 g/mol. The van der Waals surface area contributed by atoms with Gasteiger partial charge < -0.3 is 19.3 Å². The van der Waals surface area contributed by atoms with E-state index in [1.807, 2.05) is 0 Å². The lowest BCUT2D eigenvalue weighted by Crippen LogP contribution is -2.39. The highest BCUT2D eigenvalue weighted by atomic mass is 19.3.